The number of aromatic hydroxyl groups is 3. The molecule has 5 aromatic carbocycles. The summed E-state index contributed by atoms with van der Waals surface area (Å²) in [5, 5.41) is 154. The Labute approximate surface area is 657 Å². The van der Waals surface area contributed by atoms with Gasteiger partial charge < -0.3 is 142 Å². The second-order valence-corrected chi connectivity index (χ2v) is 30.4. The number of hydrogen-bond donors (Lipinski definition) is 19. The van der Waals surface area contributed by atoms with Crippen molar-refractivity contribution in [3.05, 3.63) is 117 Å². The van der Waals surface area contributed by atoms with Gasteiger partial charge in [0.15, 0.2) is 36.1 Å². The van der Waals surface area contributed by atoms with Gasteiger partial charge in [-0.05, 0) is 142 Å². The number of nitrogens with one attached hydrogen (secondary N) is 6. The van der Waals surface area contributed by atoms with Gasteiger partial charge in [-0.15, -0.1) is 0 Å². The number of nitrogens with two attached hydrogens (primary N) is 1. The number of carbonyl (C=O) groups excluding carboxylic acids is 9. The van der Waals surface area contributed by atoms with Gasteiger partial charge in [0, 0.05) is 28.5 Å². The van der Waals surface area contributed by atoms with Crippen molar-refractivity contribution in [2.45, 2.75) is 209 Å². The molecule has 0 spiro atoms. The number of Topliss-reactive ketones (excluding diaryl/α,β-unsaturated/α-hetero) is 1. The first-order valence-corrected chi connectivity index (χ1v) is 37.1. The van der Waals surface area contributed by atoms with Crippen LogP contribution in [0.2, 0.25) is 0 Å². The summed E-state index contributed by atoms with van der Waals surface area (Å²) in [6, 6.07) is 2.42. The number of aliphatic hydroxyl groups excluding tert-OH is 9. The average Bonchev–Trinajstić information content (AvgIpc) is 0.761. The van der Waals surface area contributed by atoms with Crippen LogP contribution in [0.3, 0.4) is 0 Å². The fourth-order valence-electron chi connectivity index (χ4n) is 14.8. The first-order chi connectivity index (χ1) is 54.3. The van der Waals surface area contributed by atoms with Crippen LogP contribution >= 0.6 is 0 Å². The number of aldehydes is 1. The van der Waals surface area contributed by atoms with Crippen LogP contribution in [-0.2, 0) is 66.8 Å². The van der Waals surface area contributed by atoms with Gasteiger partial charge >= 0.3 is 0 Å². The summed E-state index contributed by atoms with van der Waals surface area (Å²) in [5.74, 6) is -14.9. The number of carbonyl (C=O) groups is 9. The zero-order valence-corrected chi connectivity index (χ0v) is 64.1. The van der Waals surface area contributed by atoms with E-state index in [1.54, 1.807) is 32.0 Å². The quantitative estimate of drug-likeness (QED) is 0.0473. The lowest BCUT2D eigenvalue weighted by atomic mass is 9.86. The highest BCUT2D eigenvalue weighted by molar-refractivity contribution is 6.01. The molecule has 3 saturated heterocycles. The molecule has 8 aliphatic rings. The fraction of sp³-hybridized carbons (Fsp3) is 0.500. The van der Waals surface area contributed by atoms with Gasteiger partial charge in [0.25, 0.3) is 0 Å². The van der Waals surface area contributed by atoms with E-state index in [-0.39, 0.29) is 74.6 Å². The van der Waals surface area contributed by atoms with Crippen LogP contribution in [-0.4, -0.2) is 257 Å². The minimum absolute atomic E-state index is 0.0370. The molecule has 11 bridgehead atoms. The largest absolute Gasteiger partial charge is 0.508 e. The molecule has 24 atom stereocenters. The standard InChI is InChI=1S/C78H96N8O29/c1-28(2)17-42(86(9)10)71(103)85-58-61(96)37-13-16-46(30(4)19-37)109-48-22-38-21-47(67(48)113-77-65(100)64(99)69(51(27-89)111-77)115-78-66(101)63(98)68(50(26-88)112-78)114-76-33(7)60(95)62(97)49(25-87)110-76)108-45-15-12-35(18-29(45)3)31(5)54-72(104)82-55(34(8)90)40-23-44(92)32(6)59(94)53(40)39-20-36(11-14-43(39)91)56(73(105)81-54)84-74(106)57(38)83-70(102)41(24-52(79)93)80-75(58)107/h11-16,18-23,25,28,31,33,41-42,49-51,54-58,60-66,68-69,76-78,88-89,91-92,94-101H,17,24,26-27H2,1-10H3,(H2,79,93)(H,80,107)(H,81,105)(H,82,104)(H,83,102)(H,84,106)(H,85,103)/t31-,33-,41+,42-,49-,50-,51-,54+,55+,56-,57-,58-,60-,61-,62+,63-,64-,65-,66-,68-,69-,76+,77+,78+/m1/s1. The molecule has 0 radical (unpaired) electrons. The summed E-state index contributed by atoms with van der Waals surface area (Å²) in [5.41, 5.74) is 4.88. The Balaban J connectivity index is 1.08. The predicted octanol–water partition coefficient (Wildman–Crippen LogP) is -1.47. The maximum atomic E-state index is 16.2. The van der Waals surface area contributed by atoms with Crippen molar-refractivity contribution < 1.29 is 142 Å². The van der Waals surface area contributed by atoms with Gasteiger partial charge in [-0.3, -0.25) is 43.3 Å². The molecule has 0 unspecified atom stereocenters. The number of amides is 7. The molecule has 8 aliphatic heterocycles. The molecule has 0 saturated carbocycles. The van der Waals surface area contributed by atoms with Gasteiger partial charge in [0.1, 0.15) is 132 Å². The molecule has 3 fully saturated rings. The summed E-state index contributed by atoms with van der Waals surface area (Å²) < 4.78 is 49.7. The van der Waals surface area contributed by atoms with Crippen molar-refractivity contribution >= 4 is 53.4 Å². The number of hydrogen-bond acceptors (Lipinski definition) is 30. The van der Waals surface area contributed by atoms with Crippen molar-refractivity contribution in [2.75, 3.05) is 27.3 Å². The van der Waals surface area contributed by atoms with E-state index in [1.807, 2.05) is 13.8 Å². The number of fused-ring (bicyclic) bond motifs is 15. The highest BCUT2D eigenvalue weighted by Gasteiger charge is 2.55. The van der Waals surface area contributed by atoms with E-state index in [2.05, 4.69) is 31.9 Å². The number of nitrogens with zero attached hydrogens (tertiary/aromatic N) is 1. The number of primary amides is 1. The second kappa shape index (κ2) is 35.2. The monoisotopic (exact) mass is 1610 g/mol. The van der Waals surface area contributed by atoms with Crippen LogP contribution in [0.25, 0.3) is 11.1 Å². The van der Waals surface area contributed by atoms with Gasteiger partial charge in [-0.25, -0.2) is 0 Å². The van der Waals surface area contributed by atoms with E-state index < -0.39 is 253 Å². The first-order valence-electron chi connectivity index (χ1n) is 37.1. The fourth-order valence-corrected chi connectivity index (χ4v) is 14.8. The third-order valence-electron chi connectivity index (χ3n) is 21.5. The zero-order valence-electron chi connectivity index (χ0n) is 64.1. The van der Waals surface area contributed by atoms with Crippen molar-refractivity contribution in [1.82, 2.24) is 36.8 Å². The van der Waals surface area contributed by atoms with Crippen molar-refractivity contribution in [2.24, 2.45) is 17.6 Å². The Bertz CT molecular complexity index is 4540. The molecule has 0 aliphatic carbocycles. The van der Waals surface area contributed by atoms with Crippen LogP contribution in [0.4, 0.5) is 0 Å². The second-order valence-electron chi connectivity index (χ2n) is 30.4. The lowest BCUT2D eigenvalue weighted by Gasteiger charge is -2.48. The maximum Gasteiger partial charge on any atom is 0.248 e. The lowest BCUT2D eigenvalue weighted by Crippen LogP contribution is -2.66. The Kier molecular flexibility index (Phi) is 26.2. The number of ketones is 1. The smallest absolute Gasteiger partial charge is 0.248 e. The van der Waals surface area contributed by atoms with Crippen LogP contribution < -0.4 is 51.8 Å². The predicted molar refractivity (Wildman–Crippen MR) is 396 cm³/mol. The third kappa shape index (κ3) is 17.7. The summed E-state index contributed by atoms with van der Waals surface area (Å²) in [4.78, 5) is 133. The molecule has 20 N–H and O–H groups in total. The number of likely N-dealkylation sites (N-methyl/N-ethyl adjacent to an activating group) is 1. The summed E-state index contributed by atoms with van der Waals surface area (Å²) >= 11 is 0. The molecule has 7 amide bonds. The van der Waals surface area contributed by atoms with E-state index >= 15 is 24.0 Å². The molecule has 37 heteroatoms. The van der Waals surface area contributed by atoms with Crippen LogP contribution in [0.5, 0.6) is 46.0 Å². The molecular weight excluding hydrogens is 1510 g/mol. The van der Waals surface area contributed by atoms with Crippen LogP contribution in [0, 0.1) is 32.6 Å². The number of aryl methyl sites for hydroxylation is 2. The third-order valence-corrected chi connectivity index (χ3v) is 21.5. The number of benzene rings is 5. The number of phenols is 3. The highest BCUT2D eigenvalue weighted by Crippen LogP contribution is 2.50. The Morgan fingerprint density at radius 3 is 1.74 bits per heavy atom. The molecule has 5 aromatic rings. The minimum atomic E-state index is -2.32. The van der Waals surface area contributed by atoms with Gasteiger partial charge in [-0.1, -0.05) is 52.0 Å². The zero-order chi connectivity index (χ0) is 83.9. The molecule has 37 nitrogen and oxygen atoms in total. The lowest BCUT2D eigenvalue weighted by molar-refractivity contribution is -0.371. The van der Waals surface area contributed by atoms with Gasteiger partial charge in [0.05, 0.1) is 31.8 Å². The van der Waals surface area contributed by atoms with Crippen molar-refractivity contribution in [1.29, 1.82) is 0 Å². The Morgan fingerprint density at radius 1 is 0.609 bits per heavy atom. The normalized spacial score (nSPS) is 31.4. The molecular formula is C78H96N8O29. The Morgan fingerprint density at radius 2 is 1.17 bits per heavy atom. The van der Waals surface area contributed by atoms with E-state index in [0.717, 1.165) is 31.2 Å². The molecule has 115 heavy (non-hydrogen) atoms. The highest BCUT2D eigenvalue weighted by atomic mass is 16.8. The van der Waals surface area contributed by atoms with Crippen molar-refractivity contribution in [3.8, 4) is 57.1 Å². The topological polar surface area (TPSA) is 572 Å². The molecule has 622 valence electrons. The Hall–Kier alpha value is -10.1. The van der Waals surface area contributed by atoms with E-state index in [4.69, 9.17) is 43.6 Å². The van der Waals surface area contributed by atoms with Crippen molar-refractivity contribution in [3.63, 3.8) is 0 Å². The summed E-state index contributed by atoms with van der Waals surface area (Å²) in [6.07, 6.45) is -29.1. The molecule has 0 aromatic heterocycles. The SMILES string of the molecule is CC(=O)[C@@H]1NC(=O)[C@H]2NC(=O)[C@H](NC(=O)[C@@H]3NC(=O)[C@H](CC(N)=O)NC(=O)[C@H](NC(=O)[C@@H](CC(C)C)N(C)C)[C@H](O)c4ccc(c(C)c4)Oc4cc3cc(c4O[C@@H]3O[C@H](CO)[C@@H](O[C@@H]4O[C@H](CO)[C@@H](O[C@@H]5O[C@H](C=O)[C@H](O)[C@H](O)[C@H]5C)[C@H](O)[C@H]4O)[C@H](O)[C@H]3O)Oc3ccc(cc3C)[C@H]2C)c2ccc(O)c(c2)-c2c1cc(O)c(C)c2O. The maximum absolute atomic E-state index is 16.2. The van der Waals surface area contributed by atoms with E-state index in [9.17, 15) is 80.5 Å². The van der Waals surface area contributed by atoms with Crippen LogP contribution in [0.1, 0.15) is 122 Å². The van der Waals surface area contributed by atoms with E-state index in [0.29, 0.717) is 5.56 Å². The number of phenolic OH excluding ortho intramolecular Hbond substituents is 3. The summed E-state index contributed by atoms with van der Waals surface area (Å²) in [7, 11) is 3.23. The number of aliphatic hydroxyl groups is 9. The van der Waals surface area contributed by atoms with E-state index in [1.165, 1.54) is 70.2 Å². The average molecular weight is 1610 g/mol. The first kappa shape index (κ1) is 85.8. The molecule has 13 rings (SSSR count). The minimum Gasteiger partial charge on any atom is -0.508 e. The van der Waals surface area contributed by atoms with Gasteiger partial charge in [-0.2, -0.15) is 0 Å². The number of rotatable bonds is 17. The number of ether oxygens (including phenoxy) is 8. The summed E-state index contributed by atoms with van der Waals surface area (Å²) in [6.45, 7) is 10.0. The molecule has 8 heterocycles. The van der Waals surface area contributed by atoms with Crippen LogP contribution in [0.15, 0.2) is 72.8 Å². The van der Waals surface area contributed by atoms with Gasteiger partial charge in [0.2, 0.25) is 53.4 Å².